The highest BCUT2D eigenvalue weighted by Gasteiger charge is 2.36. The number of β-amino-alcohol motifs (C(OH)–C–C–N with tert-alkyl or cyclic N) is 1. The molecule has 2 aliphatic rings. The lowest BCUT2D eigenvalue weighted by atomic mass is 10.0. The van der Waals surface area contributed by atoms with E-state index in [1.54, 1.807) is 12.1 Å². The molecule has 1 aromatic rings. The van der Waals surface area contributed by atoms with Gasteiger partial charge in [0.1, 0.15) is 23.8 Å². The fourth-order valence-corrected chi connectivity index (χ4v) is 3.72. The van der Waals surface area contributed by atoms with Gasteiger partial charge in [0.25, 0.3) is 0 Å². The van der Waals surface area contributed by atoms with Gasteiger partial charge in [0.2, 0.25) is 0 Å². The van der Waals surface area contributed by atoms with Crippen LogP contribution in [0.25, 0.3) is 0 Å². The maximum atomic E-state index is 13.0. The summed E-state index contributed by atoms with van der Waals surface area (Å²) in [5, 5.41) is 11.0. The molecule has 2 fully saturated rings. The maximum absolute atomic E-state index is 13.0. The van der Waals surface area contributed by atoms with Crippen molar-refractivity contribution in [3.63, 3.8) is 0 Å². The Bertz CT molecular complexity index is 502. The Morgan fingerprint density at radius 3 is 2.58 bits per heavy atom. The quantitative estimate of drug-likeness (QED) is 0.858. The van der Waals surface area contributed by atoms with Crippen LogP contribution in [0.1, 0.15) is 38.5 Å². The molecule has 5 heteroatoms. The Morgan fingerprint density at radius 2 is 1.88 bits per heavy atom. The van der Waals surface area contributed by atoms with Gasteiger partial charge in [-0.15, -0.1) is 0 Å². The summed E-state index contributed by atoms with van der Waals surface area (Å²) in [5.41, 5.74) is -1.03. The molecule has 1 aliphatic carbocycles. The lowest BCUT2D eigenvalue weighted by molar-refractivity contribution is -0.0675. The molecule has 1 unspecified atom stereocenters. The van der Waals surface area contributed by atoms with E-state index >= 15 is 0 Å². The molecular formula is C19H28FNO3. The van der Waals surface area contributed by atoms with Crippen molar-refractivity contribution in [3.05, 3.63) is 30.1 Å². The van der Waals surface area contributed by atoms with Crippen molar-refractivity contribution in [3.8, 4) is 5.75 Å². The normalized spacial score (nSPS) is 27.4. The number of hydrogen-bond donors (Lipinski definition) is 1. The Labute approximate surface area is 143 Å². The fraction of sp³-hybridized carbons (Fsp3) is 0.684. The van der Waals surface area contributed by atoms with Crippen molar-refractivity contribution in [2.24, 2.45) is 0 Å². The predicted molar refractivity (Wildman–Crippen MR) is 90.7 cm³/mol. The van der Waals surface area contributed by atoms with E-state index in [2.05, 4.69) is 4.90 Å². The number of nitrogens with zero attached hydrogens (tertiary/aromatic N) is 1. The second kappa shape index (κ2) is 8.28. The van der Waals surface area contributed by atoms with E-state index in [1.165, 1.54) is 50.7 Å². The first-order valence-electron chi connectivity index (χ1n) is 9.07. The average Bonchev–Trinajstić information content (AvgIpc) is 2.96. The number of benzene rings is 1. The van der Waals surface area contributed by atoms with Crippen LogP contribution in [0, 0.1) is 5.82 Å². The molecule has 1 aromatic carbocycles. The van der Waals surface area contributed by atoms with Gasteiger partial charge in [-0.3, -0.25) is 4.90 Å². The third-order valence-electron chi connectivity index (χ3n) is 5.05. The number of ether oxygens (including phenoxy) is 2. The van der Waals surface area contributed by atoms with Crippen LogP contribution >= 0.6 is 0 Å². The highest BCUT2D eigenvalue weighted by atomic mass is 19.1. The van der Waals surface area contributed by atoms with Crippen molar-refractivity contribution < 1.29 is 19.0 Å². The predicted octanol–water partition coefficient (Wildman–Crippen LogP) is 2.99. The average molecular weight is 337 g/mol. The fourth-order valence-electron chi connectivity index (χ4n) is 3.72. The first kappa shape index (κ1) is 17.6. The first-order chi connectivity index (χ1) is 11.6. The molecular weight excluding hydrogens is 309 g/mol. The summed E-state index contributed by atoms with van der Waals surface area (Å²) < 4.78 is 24.3. The Kier molecular flexibility index (Phi) is 6.09. The number of halogens is 1. The highest BCUT2D eigenvalue weighted by Crippen LogP contribution is 2.25. The molecule has 0 radical (unpaired) electrons. The zero-order chi connectivity index (χ0) is 16.8. The van der Waals surface area contributed by atoms with Gasteiger partial charge in [0.15, 0.2) is 0 Å². The smallest absolute Gasteiger partial charge is 0.134 e. The Hall–Kier alpha value is -1.17. The van der Waals surface area contributed by atoms with Gasteiger partial charge in [-0.2, -0.15) is 0 Å². The Balaban J connectivity index is 1.60. The largest absolute Gasteiger partial charge is 0.490 e. The summed E-state index contributed by atoms with van der Waals surface area (Å²) in [6.07, 6.45) is 7.58. The van der Waals surface area contributed by atoms with Gasteiger partial charge in [0.05, 0.1) is 13.2 Å². The van der Waals surface area contributed by atoms with E-state index in [9.17, 15) is 9.50 Å². The van der Waals surface area contributed by atoms with Gasteiger partial charge in [-0.1, -0.05) is 25.7 Å². The summed E-state index contributed by atoms with van der Waals surface area (Å²) in [7, 11) is 0. The summed E-state index contributed by atoms with van der Waals surface area (Å²) in [6, 6.07) is 6.42. The van der Waals surface area contributed by atoms with Crippen molar-refractivity contribution in [2.75, 3.05) is 32.9 Å². The van der Waals surface area contributed by atoms with E-state index in [0.29, 0.717) is 24.9 Å². The highest BCUT2D eigenvalue weighted by molar-refractivity contribution is 5.22. The van der Waals surface area contributed by atoms with Crippen LogP contribution in [0.3, 0.4) is 0 Å². The van der Waals surface area contributed by atoms with Gasteiger partial charge < -0.3 is 14.6 Å². The van der Waals surface area contributed by atoms with E-state index in [0.717, 1.165) is 6.54 Å². The Morgan fingerprint density at radius 1 is 1.17 bits per heavy atom. The van der Waals surface area contributed by atoms with Gasteiger partial charge in [0, 0.05) is 19.1 Å². The molecule has 0 amide bonds. The van der Waals surface area contributed by atoms with Crippen molar-refractivity contribution in [1.29, 1.82) is 0 Å². The molecule has 4 nitrogen and oxygen atoms in total. The second-order valence-corrected chi connectivity index (χ2v) is 7.14. The standard InChI is InChI=1S/C19H28FNO3/c20-16-7-9-18(10-8-16)24-15-19(22)13-21(11-12-23-14-19)17-5-3-1-2-4-6-17/h7-10,17,22H,1-6,11-15H2. The van der Waals surface area contributed by atoms with E-state index in [4.69, 9.17) is 9.47 Å². The number of aliphatic hydroxyl groups is 1. The molecule has 134 valence electrons. The molecule has 24 heavy (non-hydrogen) atoms. The van der Waals surface area contributed by atoms with Crippen molar-refractivity contribution >= 4 is 0 Å². The molecule has 0 bridgehead atoms. The minimum atomic E-state index is -1.03. The molecule has 0 spiro atoms. The monoisotopic (exact) mass is 337 g/mol. The van der Waals surface area contributed by atoms with Crippen molar-refractivity contribution in [1.82, 2.24) is 4.90 Å². The van der Waals surface area contributed by atoms with E-state index in [1.807, 2.05) is 0 Å². The van der Waals surface area contributed by atoms with Crippen LogP contribution in [0.15, 0.2) is 24.3 Å². The summed E-state index contributed by atoms with van der Waals surface area (Å²) >= 11 is 0. The van der Waals surface area contributed by atoms with Crippen LogP contribution in [0.5, 0.6) is 5.75 Å². The molecule has 1 aliphatic heterocycles. The molecule has 1 atom stereocenters. The molecule has 1 saturated carbocycles. The number of hydrogen-bond acceptors (Lipinski definition) is 4. The SMILES string of the molecule is OC1(COc2ccc(F)cc2)COCCN(C2CCCCCC2)C1. The minimum absolute atomic E-state index is 0.155. The van der Waals surface area contributed by atoms with Crippen molar-refractivity contribution in [2.45, 2.75) is 50.2 Å². The lowest BCUT2D eigenvalue weighted by Crippen LogP contribution is -2.51. The third kappa shape index (κ3) is 4.91. The molecule has 1 saturated heterocycles. The topological polar surface area (TPSA) is 41.9 Å². The summed E-state index contributed by atoms with van der Waals surface area (Å²) in [6.45, 7) is 2.51. The second-order valence-electron chi connectivity index (χ2n) is 7.14. The van der Waals surface area contributed by atoms with Crippen LogP contribution in [-0.2, 0) is 4.74 Å². The lowest BCUT2D eigenvalue weighted by Gasteiger charge is -2.35. The number of rotatable bonds is 4. The van der Waals surface area contributed by atoms with Crippen LogP contribution in [0.2, 0.25) is 0 Å². The molecule has 1 heterocycles. The van der Waals surface area contributed by atoms with E-state index < -0.39 is 5.60 Å². The molecule has 3 rings (SSSR count). The van der Waals surface area contributed by atoms with Gasteiger partial charge in [-0.05, 0) is 37.1 Å². The van der Waals surface area contributed by atoms with Crippen LogP contribution < -0.4 is 4.74 Å². The van der Waals surface area contributed by atoms with Crippen LogP contribution in [-0.4, -0.2) is 54.6 Å². The zero-order valence-corrected chi connectivity index (χ0v) is 14.3. The van der Waals surface area contributed by atoms with Crippen LogP contribution in [0.4, 0.5) is 4.39 Å². The molecule has 1 N–H and O–H groups in total. The summed E-state index contributed by atoms with van der Waals surface area (Å²) in [4.78, 5) is 2.38. The van der Waals surface area contributed by atoms with E-state index in [-0.39, 0.29) is 19.0 Å². The van der Waals surface area contributed by atoms with Gasteiger partial charge >= 0.3 is 0 Å². The summed E-state index contributed by atoms with van der Waals surface area (Å²) in [5.74, 6) is 0.272. The van der Waals surface area contributed by atoms with Gasteiger partial charge in [-0.25, -0.2) is 4.39 Å². The minimum Gasteiger partial charge on any atom is -0.490 e. The molecule has 0 aromatic heterocycles. The first-order valence-corrected chi connectivity index (χ1v) is 9.07. The third-order valence-corrected chi connectivity index (χ3v) is 5.05. The zero-order valence-electron chi connectivity index (χ0n) is 14.3. The maximum Gasteiger partial charge on any atom is 0.134 e.